The average molecular weight is 439 g/mol. The van der Waals surface area contributed by atoms with E-state index < -0.39 is 17.7 Å². The van der Waals surface area contributed by atoms with Crippen molar-refractivity contribution in [2.24, 2.45) is 7.05 Å². The zero-order chi connectivity index (χ0) is 21.0. The molecule has 1 atom stereocenters. The summed E-state index contributed by atoms with van der Waals surface area (Å²) in [4.78, 5) is 12.1. The van der Waals surface area contributed by atoms with Gasteiger partial charge in [-0.3, -0.25) is 4.79 Å². The summed E-state index contributed by atoms with van der Waals surface area (Å²) >= 11 is 7.02. The molecular weight excluding hydrogens is 422 g/mol. The molecule has 0 saturated carbocycles. The molecule has 1 unspecified atom stereocenters. The minimum atomic E-state index is -0.799. The topological polar surface area (TPSA) is 69.0 Å². The van der Waals surface area contributed by atoms with E-state index in [1.807, 2.05) is 0 Å². The maximum atomic E-state index is 13.8. The second-order valence-corrected chi connectivity index (χ2v) is 7.46. The van der Waals surface area contributed by atoms with Gasteiger partial charge >= 0.3 is 0 Å². The number of carbonyl (C=O) groups is 1. The van der Waals surface area contributed by atoms with Gasteiger partial charge in [-0.05, 0) is 43.3 Å². The summed E-state index contributed by atoms with van der Waals surface area (Å²) in [7, 11) is 1.72. The molecule has 6 nitrogen and oxygen atoms in total. The molecule has 0 bridgehead atoms. The third kappa shape index (κ3) is 5.45. The molecule has 0 saturated heterocycles. The smallest absolute Gasteiger partial charge is 0.234 e. The lowest BCUT2D eigenvalue weighted by Gasteiger charge is -2.14. The molecule has 1 N–H and O–H groups in total. The highest BCUT2D eigenvalue weighted by molar-refractivity contribution is 7.99. The van der Waals surface area contributed by atoms with Crippen LogP contribution in [0.15, 0.2) is 47.6 Å². The zero-order valence-electron chi connectivity index (χ0n) is 15.5. The Balaban J connectivity index is 1.59. The Bertz CT molecular complexity index is 1010. The van der Waals surface area contributed by atoms with Crippen LogP contribution in [0.3, 0.4) is 0 Å². The van der Waals surface area contributed by atoms with Gasteiger partial charge in [-0.1, -0.05) is 23.4 Å². The van der Waals surface area contributed by atoms with Gasteiger partial charge in [0.15, 0.2) is 28.7 Å². The SMILES string of the molecule is CC(Oc1ccc(F)cc1F)c1nnc(SCC(=O)Nc2ccc(Cl)cc2)n1C. The summed E-state index contributed by atoms with van der Waals surface area (Å²) in [6.07, 6.45) is -0.635. The van der Waals surface area contributed by atoms with Crippen LogP contribution in [0.2, 0.25) is 5.02 Å². The van der Waals surface area contributed by atoms with E-state index in [0.29, 0.717) is 21.7 Å². The van der Waals surface area contributed by atoms with Crippen molar-refractivity contribution in [2.45, 2.75) is 18.2 Å². The lowest BCUT2D eigenvalue weighted by atomic mass is 10.3. The van der Waals surface area contributed by atoms with E-state index in [9.17, 15) is 13.6 Å². The average Bonchev–Trinajstić information content (AvgIpc) is 3.05. The number of nitrogens with zero attached hydrogens (tertiary/aromatic N) is 3. The number of ether oxygens (including phenoxy) is 1. The van der Waals surface area contributed by atoms with E-state index in [-0.39, 0.29) is 17.4 Å². The molecule has 152 valence electrons. The van der Waals surface area contributed by atoms with Crippen molar-refractivity contribution in [1.29, 1.82) is 0 Å². The quantitative estimate of drug-likeness (QED) is 0.545. The van der Waals surface area contributed by atoms with Gasteiger partial charge in [-0.15, -0.1) is 10.2 Å². The van der Waals surface area contributed by atoms with Gasteiger partial charge < -0.3 is 14.6 Å². The lowest BCUT2D eigenvalue weighted by Crippen LogP contribution is -2.15. The van der Waals surface area contributed by atoms with Crippen LogP contribution >= 0.6 is 23.4 Å². The minimum Gasteiger partial charge on any atom is -0.480 e. The molecule has 0 aliphatic rings. The Kier molecular flexibility index (Phi) is 6.71. The maximum Gasteiger partial charge on any atom is 0.234 e. The van der Waals surface area contributed by atoms with E-state index in [1.54, 1.807) is 42.8 Å². The fourth-order valence-corrected chi connectivity index (χ4v) is 3.32. The number of halogens is 3. The summed E-state index contributed by atoms with van der Waals surface area (Å²) in [5.41, 5.74) is 0.641. The fraction of sp³-hybridized carbons (Fsp3) is 0.211. The number of nitrogens with one attached hydrogen (secondary N) is 1. The van der Waals surface area contributed by atoms with Gasteiger partial charge in [0.25, 0.3) is 0 Å². The van der Waals surface area contributed by atoms with Crippen LogP contribution in [0.1, 0.15) is 18.9 Å². The molecule has 1 amide bonds. The van der Waals surface area contributed by atoms with Crippen molar-refractivity contribution in [2.75, 3.05) is 11.1 Å². The lowest BCUT2D eigenvalue weighted by molar-refractivity contribution is -0.113. The van der Waals surface area contributed by atoms with E-state index in [0.717, 1.165) is 12.1 Å². The molecule has 10 heteroatoms. The van der Waals surface area contributed by atoms with E-state index in [4.69, 9.17) is 16.3 Å². The van der Waals surface area contributed by atoms with E-state index in [2.05, 4.69) is 15.5 Å². The van der Waals surface area contributed by atoms with Gasteiger partial charge in [-0.25, -0.2) is 8.78 Å². The van der Waals surface area contributed by atoms with Gasteiger partial charge in [0.1, 0.15) is 5.82 Å². The monoisotopic (exact) mass is 438 g/mol. The van der Waals surface area contributed by atoms with Crippen molar-refractivity contribution in [3.05, 3.63) is 64.9 Å². The van der Waals surface area contributed by atoms with E-state index in [1.165, 1.54) is 17.8 Å². The second-order valence-electron chi connectivity index (χ2n) is 6.08. The molecule has 0 spiro atoms. The number of hydrogen-bond acceptors (Lipinski definition) is 5. The van der Waals surface area contributed by atoms with Crippen LogP contribution in [0.25, 0.3) is 0 Å². The summed E-state index contributed by atoms with van der Waals surface area (Å²) in [5.74, 6) is -1.22. The number of aromatic nitrogens is 3. The highest BCUT2D eigenvalue weighted by atomic mass is 35.5. The Morgan fingerprint density at radius 3 is 2.66 bits per heavy atom. The van der Waals surface area contributed by atoms with Gasteiger partial charge in [-0.2, -0.15) is 0 Å². The van der Waals surface area contributed by atoms with Crippen molar-refractivity contribution < 1.29 is 18.3 Å². The molecule has 3 rings (SSSR count). The highest BCUT2D eigenvalue weighted by Crippen LogP contribution is 2.26. The Labute approximate surface area is 175 Å². The number of rotatable bonds is 7. The number of amides is 1. The molecular formula is C19H17ClF2N4O2S. The first-order valence-electron chi connectivity index (χ1n) is 8.52. The van der Waals surface area contributed by atoms with Crippen molar-refractivity contribution in [3.8, 4) is 5.75 Å². The number of benzene rings is 2. The normalized spacial score (nSPS) is 11.9. The third-order valence-corrected chi connectivity index (χ3v) is 5.16. The summed E-state index contributed by atoms with van der Waals surface area (Å²) in [5, 5.41) is 11.9. The van der Waals surface area contributed by atoms with Crippen molar-refractivity contribution >= 4 is 35.0 Å². The van der Waals surface area contributed by atoms with Gasteiger partial charge in [0.05, 0.1) is 5.75 Å². The molecule has 0 aliphatic carbocycles. The molecule has 3 aromatic rings. The molecule has 1 aromatic heterocycles. The Morgan fingerprint density at radius 1 is 1.24 bits per heavy atom. The molecule has 0 aliphatic heterocycles. The standard InChI is InChI=1S/C19H17ClF2N4O2S/c1-11(28-16-8-5-13(21)9-15(16)22)18-24-25-19(26(18)2)29-10-17(27)23-14-6-3-12(20)4-7-14/h3-9,11H,10H2,1-2H3,(H,23,27). The molecule has 2 aromatic carbocycles. The Morgan fingerprint density at radius 2 is 1.97 bits per heavy atom. The zero-order valence-corrected chi connectivity index (χ0v) is 17.1. The second kappa shape index (κ2) is 9.23. The molecule has 0 radical (unpaired) electrons. The highest BCUT2D eigenvalue weighted by Gasteiger charge is 2.19. The predicted octanol–water partition coefficient (Wildman–Crippen LogP) is 4.62. The first-order valence-corrected chi connectivity index (χ1v) is 9.89. The van der Waals surface area contributed by atoms with Crippen LogP contribution in [0.4, 0.5) is 14.5 Å². The summed E-state index contributed by atoms with van der Waals surface area (Å²) < 4.78 is 34.0. The number of carbonyl (C=O) groups excluding carboxylic acids is 1. The number of thioether (sulfide) groups is 1. The van der Waals surface area contributed by atoms with Crippen molar-refractivity contribution in [1.82, 2.24) is 14.8 Å². The first kappa shape index (κ1) is 21.1. The first-order chi connectivity index (χ1) is 13.8. The molecule has 0 fully saturated rings. The largest absolute Gasteiger partial charge is 0.480 e. The fourth-order valence-electron chi connectivity index (χ4n) is 2.48. The van der Waals surface area contributed by atoms with Crippen LogP contribution in [-0.4, -0.2) is 26.4 Å². The Hall–Kier alpha value is -2.65. The van der Waals surface area contributed by atoms with Crippen LogP contribution < -0.4 is 10.1 Å². The maximum absolute atomic E-state index is 13.8. The van der Waals surface area contributed by atoms with Crippen LogP contribution in [0.5, 0.6) is 5.75 Å². The van der Waals surface area contributed by atoms with Crippen LogP contribution in [0, 0.1) is 11.6 Å². The van der Waals surface area contributed by atoms with Gasteiger partial charge in [0.2, 0.25) is 5.91 Å². The van der Waals surface area contributed by atoms with E-state index >= 15 is 0 Å². The third-order valence-electron chi connectivity index (χ3n) is 3.89. The number of hydrogen-bond donors (Lipinski definition) is 1. The predicted molar refractivity (Wildman–Crippen MR) is 107 cm³/mol. The van der Waals surface area contributed by atoms with Crippen LogP contribution in [-0.2, 0) is 11.8 Å². The van der Waals surface area contributed by atoms with Gasteiger partial charge in [0, 0.05) is 23.8 Å². The molecule has 29 heavy (non-hydrogen) atoms. The number of anilines is 1. The molecule has 1 heterocycles. The minimum absolute atomic E-state index is 0.0848. The van der Waals surface area contributed by atoms with Crippen molar-refractivity contribution in [3.63, 3.8) is 0 Å². The summed E-state index contributed by atoms with van der Waals surface area (Å²) in [6.45, 7) is 1.68. The summed E-state index contributed by atoms with van der Waals surface area (Å²) in [6, 6.07) is 9.86.